The van der Waals surface area contributed by atoms with Crippen LogP contribution >= 0.6 is 0 Å². The molecule has 0 saturated carbocycles. The average Bonchev–Trinajstić information content (AvgIpc) is 2.49. The van der Waals surface area contributed by atoms with Gasteiger partial charge in [0, 0.05) is 12.7 Å². The van der Waals surface area contributed by atoms with E-state index in [2.05, 4.69) is 5.10 Å². The highest BCUT2D eigenvalue weighted by atomic mass is 16.3. The topological polar surface area (TPSA) is 58.3 Å². The summed E-state index contributed by atoms with van der Waals surface area (Å²) in [6.07, 6.45) is 0.0178. The van der Waals surface area contributed by atoms with Gasteiger partial charge in [0.2, 0.25) is 0 Å². The Morgan fingerprint density at radius 2 is 2.25 bits per heavy atom. The molecule has 0 amide bonds. The summed E-state index contributed by atoms with van der Waals surface area (Å²) in [6, 6.07) is 1.71. The first-order valence-electron chi connectivity index (χ1n) is 4.04. The fraction of sp³-hybridized carbons (Fsp3) is 0.625. The number of nitrogens with zero attached hydrogens (tertiary/aromatic N) is 2. The van der Waals surface area contributed by atoms with Gasteiger partial charge in [0.05, 0.1) is 11.8 Å². The lowest BCUT2D eigenvalue weighted by atomic mass is 10.1. The molecule has 0 aromatic carbocycles. The lowest BCUT2D eigenvalue weighted by molar-refractivity contribution is 0.0249. The Morgan fingerprint density at radius 1 is 1.58 bits per heavy atom. The second kappa shape index (κ2) is 3.69. The number of aliphatic hydroxyl groups excluding tert-OH is 2. The fourth-order valence-electron chi connectivity index (χ4n) is 1.11. The molecule has 4 nitrogen and oxygen atoms in total. The van der Waals surface area contributed by atoms with E-state index in [0.717, 1.165) is 0 Å². The summed E-state index contributed by atoms with van der Waals surface area (Å²) in [4.78, 5) is 0. The Hall–Kier alpha value is -0.870. The van der Waals surface area contributed by atoms with Crippen molar-refractivity contribution in [2.75, 3.05) is 0 Å². The molecule has 1 aromatic heterocycles. The molecule has 0 aliphatic rings. The van der Waals surface area contributed by atoms with E-state index in [9.17, 15) is 5.11 Å². The zero-order chi connectivity index (χ0) is 9.14. The van der Waals surface area contributed by atoms with E-state index in [4.69, 9.17) is 5.11 Å². The van der Waals surface area contributed by atoms with Gasteiger partial charge in [-0.05, 0) is 19.9 Å². The van der Waals surface area contributed by atoms with Crippen LogP contribution in [0.5, 0.6) is 0 Å². The third-order valence-corrected chi connectivity index (χ3v) is 1.81. The standard InChI is InChI=1S/C8H14N2O2/c1-3-10-7(4-5-9-10)8(12)6(2)11/h4-6,8,11-12H,3H2,1-2H3. The van der Waals surface area contributed by atoms with Crippen molar-refractivity contribution in [2.24, 2.45) is 0 Å². The van der Waals surface area contributed by atoms with Gasteiger partial charge < -0.3 is 10.2 Å². The van der Waals surface area contributed by atoms with Gasteiger partial charge in [-0.2, -0.15) is 5.10 Å². The zero-order valence-electron chi connectivity index (χ0n) is 7.31. The van der Waals surface area contributed by atoms with E-state index < -0.39 is 12.2 Å². The molecule has 2 atom stereocenters. The van der Waals surface area contributed by atoms with Crippen molar-refractivity contribution in [3.8, 4) is 0 Å². The van der Waals surface area contributed by atoms with Crippen molar-refractivity contribution in [2.45, 2.75) is 32.6 Å². The molecule has 1 heterocycles. The summed E-state index contributed by atoms with van der Waals surface area (Å²) in [5, 5.41) is 22.6. The van der Waals surface area contributed by atoms with E-state index in [1.54, 1.807) is 23.9 Å². The van der Waals surface area contributed by atoms with Crippen molar-refractivity contribution in [1.82, 2.24) is 9.78 Å². The first-order chi connectivity index (χ1) is 5.66. The van der Waals surface area contributed by atoms with E-state index in [1.807, 2.05) is 6.92 Å². The quantitative estimate of drug-likeness (QED) is 0.686. The van der Waals surface area contributed by atoms with Gasteiger partial charge >= 0.3 is 0 Å². The van der Waals surface area contributed by atoms with E-state index in [1.165, 1.54) is 0 Å². The molecule has 0 aliphatic heterocycles. The maximum Gasteiger partial charge on any atom is 0.121 e. The molecule has 0 saturated heterocycles. The van der Waals surface area contributed by atoms with Crippen LogP contribution < -0.4 is 0 Å². The van der Waals surface area contributed by atoms with Crippen LogP contribution in [0.4, 0.5) is 0 Å². The second-order valence-electron chi connectivity index (χ2n) is 2.76. The summed E-state index contributed by atoms with van der Waals surface area (Å²) < 4.78 is 1.66. The fourth-order valence-corrected chi connectivity index (χ4v) is 1.11. The second-order valence-corrected chi connectivity index (χ2v) is 2.76. The molecule has 1 rings (SSSR count). The van der Waals surface area contributed by atoms with Gasteiger partial charge in [-0.25, -0.2) is 0 Å². The first-order valence-corrected chi connectivity index (χ1v) is 4.04. The van der Waals surface area contributed by atoms with Crippen molar-refractivity contribution in [3.63, 3.8) is 0 Å². The molecule has 2 N–H and O–H groups in total. The third kappa shape index (κ3) is 1.65. The highest BCUT2D eigenvalue weighted by Crippen LogP contribution is 2.15. The predicted molar refractivity (Wildman–Crippen MR) is 44.5 cm³/mol. The molecule has 0 aliphatic carbocycles. The number of aryl methyl sites for hydroxylation is 1. The molecule has 0 spiro atoms. The van der Waals surface area contributed by atoms with Crippen LogP contribution in [-0.2, 0) is 6.54 Å². The molecule has 12 heavy (non-hydrogen) atoms. The Bertz CT molecular complexity index is 245. The van der Waals surface area contributed by atoms with Gasteiger partial charge in [-0.1, -0.05) is 0 Å². The van der Waals surface area contributed by atoms with Crippen molar-refractivity contribution < 1.29 is 10.2 Å². The molecule has 68 valence electrons. The Kier molecular flexibility index (Phi) is 2.83. The van der Waals surface area contributed by atoms with Gasteiger partial charge in [0.1, 0.15) is 6.10 Å². The van der Waals surface area contributed by atoms with Crippen molar-refractivity contribution in [3.05, 3.63) is 18.0 Å². The smallest absolute Gasteiger partial charge is 0.121 e. The largest absolute Gasteiger partial charge is 0.390 e. The molecular weight excluding hydrogens is 156 g/mol. The lowest BCUT2D eigenvalue weighted by Gasteiger charge is -2.14. The van der Waals surface area contributed by atoms with Crippen LogP contribution in [0.3, 0.4) is 0 Å². The number of aromatic nitrogens is 2. The van der Waals surface area contributed by atoms with Gasteiger partial charge in [0.15, 0.2) is 0 Å². The number of aliphatic hydroxyl groups is 2. The summed E-state index contributed by atoms with van der Waals surface area (Å²) in [7, 11) is 0. The molecule has 2 unspecified atom stereocenters. The van der Waals surface area contributed by atoms with E-state index in [0.29, 0.717) is 12.2 Å². The monoisotopic (exact) mass is 170 g/mol. The summed E-state index contributed by atoms with van der Waals surface area (Å²) in [5.41, 5.74) is 0.660. The van der Waals surface area contributed by atoms with Crippen molar-refractivity contribution in [1.29, 1.82) is 0 Å². The SMILES string of the molecule is CCn1nccc1C(O)C(C)O. The number of rotatable bonds is 3. The zero-order valence-corrected chi connectivity index (χ0v) is 7.31. The van der Waals surface area contributed by atoms with Crippen LogP contribution in [0.25, 0.3) is 0 Å². The summed E-state index contributed by atoms with van der Waals surface area (Å²) in [6.45, 7) is 4.19. The highest BCUT2D eigenvalue weighted by Gasteiger charge is 2.16. The Morgan fingerprint density at radius 3 is 2.75 bits per heavy atom. The number of hydrogen-bond acceptors (Lipinski definition) is 3. The molecule has 1 aromatic rings. The van der Waals surface area contributed by atoms with Crippen LogP contribution in [0, 0.1) is 0 Å². The minimum atomic E-state index is -0.840. The Labute approximate surface area is 71.5 Å². The van der Waals surface area contributed by atoms with Crippen LogP contribution in [0.15, 0.2) is 12.3 Å². The highest BCUT2D eigenvalue weighted by molar-refractivity contribution is 5.05. The van der Waals surface area contributed by atoms with Crippen LogP contribution in [0.1, 0.15) is 25.6 Å². The van der Waals surface area contributed by atoms with Crippen molar-refractivity contribution >= 4 is 0 Å². The minimum absolute atomic E-state index is 0.660. The third-order valence-electron chi connectivity index (χ3n) is 1.81. The van der Waals surface area contributed by atoms with Gasteiger partial charge in [0.25, 0.3) is 0 Å². The van der Waals surface area contributed by atoms with Crippen LogP contribution in [-0.4, -0.2) is 26.1 Å². The molecule has 0 fully saturated rings. The number of hydrogen-bond donors (Lipinski definition) is 2. The maximum absolute atomic E-state index is 9.49. The van der Waals surface area contributed by atoms with Gasteiger partial charge in [-0.3, -0.25) is 4.68 Å². The van der Waals surface area contributed by atoms with Gasteiger partial charge in [-0.15, -0.1) is 0 Å². The lowest BCUT2D eigenvalue weighted by Crippen LogP contribution is -2.18. The van der Waals surface area contributed by atoms with E-state index in [-0.39, 0.29) is 0 Å². The normalized spacial score (nSPS) is 16.0. The minimum Gasteiger partial charge on any atom is -0.390 e. The summed E-state index contributed by atoms with van der Waals surface area (Å²) >= 11 is 0. The Balaban J connectivity index is 2.86. The first kappa shape index (κ1) is 9.22. The summed E-state index contributed by atoms with van der Waals surface area (Å²) in [5.74, 6) is 0. The molecule has 0 bridgehead atoms. The predicted octanol–water partition coefficient (Wildman–Crippen LogP) is 0.317. The molecule has 4 heteroatoms. The van der Waals surface area contributed by atoms with Crippen LogP contribution in [0.2, 0.25) is 0 Å². The van der Waals surface area contributed by atoms with E-state index >= 15 is 0 Å². The average molecular weight is 170 g/mol. The molecular formula is C8H14N2O2. The molecule has 0 radical (unpaired) electrons. The maximum atomic E-state index is 9.49.